The van der Waals surface area contributed by atoms with Crippen LogP contribution in [0.5, 0.6) is 11.5 Å². The van der Waals surface area contributed by atoms with Crippen LogP contribution in [-0.2, 0) is 6.54 Å². The number of aromatic nitrogens is 1. The summed E-state index contributed by atoms with van der Waals surface area (Å²) in [5.41, 5.74) is 2.39. The Balaban J connectivity index is 1.80. The lowest BCUT2D eigenvalue weighted by Crippen LogP contribution is -2.26. The fourth-order valence-electron chi connectivity index (χ4n) is 2.66. The van der Waals surface area contributed by atoms with Gasteiger partial charge in [0.15, 0.2) is 11.5 Å². The zero-order chi connectivity index (χ0) is 17.3. The van der Waals surface area contributed by atoms with Gasteiger partial charge in [0.1, 0.15) is 16.6 Å². The summed E-state index contributed by atoms with van der Waals surface area (Å²) in [6.07, 6.45) is 0. The molecule has 24 heavy (non-hydrogen) atoms. The molecule has 0 saturated heterocycles. The number of rotatable bonds is 5. The van der Waals surface area contributed by atoms with Crippen LogP contribution in [0.3, 0.4) is 0 Å². The van der Waals surface area contributed by atoms with Gasteiger partial charge in [0.25, 0.3) is 0 Å². The predicted molar refractivity (Wildman–Crippen MR) is 94.1 cm³/mol. The maximum Gasteiger partial charge on any atom is 0.161 e. The Bertz CT molecular complexity index is 813. The van der Waals surface area contributed by atoms with Crippen molar-refractivity contribution in [3.63, 3.8) is 0 Å². The molecule has 0 atom stereocenters. The molecule has 0 unspecified atom stereocenters. The molecule has 1 aromatic heterocycles. The quantitative estimate of drug-likeness (QED) is 0.870. The lowest BCUT2D eigenvalue weighted by Gasteiger charge is -2.19. The van der Waals surface area contributed by atoms with E-state index in [0.717, 1.165) is 11.3 Å². The highest BCUT2D eigenvalue weighted by Crippen LogP contribution is 2.32. The third-order valence-corrected chi connectivity index (χ3v) is 4.81. The third-order valence-electron chi connectivity index (χ3n) is 3.84. The van der Waals surface area contributed by atoms with E-state index in [9.17, 15) is 5.11 Å². The fourth-order valence-corrected chi connectivity index (χ4v) is 3.53. The van der Waals surface area contributed by atoms with E-state index in [1.54, 1.807) is 14.2 Å². The van der Waals surface area contributed by atoms with Crippen LogP contribution >= 0.6 is 11.3 Å². The van der Waals surface area contributed by atoms with Gasteiger partial charge in [-0.05, 0) is 24.6 Å². The van der Waals surface area contributed by atoms with Crippen LogP contribution in [0.25, 0.3) is 5.57 Å². The van der Waals surface area contributed by atoms with E-state index in [1.165, 1.54) is 11.3 Å². The van der Waals surface area contributed by atoms with Crippen LogP contribution in [0.2, 0.25) is 0 Å². The van der Waals surface area contributed by atoms with Crippen LogP contribution in [0.1, 0.15) is 16.3 Å². The Kier molecular flexibility index (Phi) is 4.44. The number of hydrogen-bond acceptors (Lipinski definition) is 6. The number of nitrogens with one attached hydrogen (secondary N) is 1. The number of nitrogens with zero attached hydrogens (tertiary/aromatic N) is 2. The van der Waals surface area contributed by atoms with Gasteiger partial charge in [0, 0.05) is 17.6 Å². The van der Waals surface area contributed by atoms with Gasteiger partial charge >= 0.3 is 0 Å². The number of thiazole rings is 1. The number of aliphatic hydroxyl groups is 1. The Morgan fingerprint density at radius 1 is 1.29 bits per heavy atom. The molecular formula is C17H19N3O3S. The predicted octanol–water partition coefficient (Wildman–Crippen LogP) is 3.23. The summed E-state index contributed by atoms with van der Waals surface area (Å²) in [7, 11) is 3.19. The largest absolute Gasteiger partial charge is 0.510 e. The van der Waals surface area contributed by atoms with Crippen LogP contribution < -0.4 is 9.47 Å². The van der Waals surface area contributed by atoms with Crippen molar-refractivity contribution >= 4 is 22.7 Å². The van der Waals surface area contributed by atoms with Crippen molar-refractivity contribution in [2.24, 2.45) is 0 Å². The Hall–Kier alpha value is -2.54. The standard InChI is InChI=1S/C17H19N3O3S/c1-10-9-24-17(19-10)15-12(21)8-20(16(15)18)7-11-4-5-13(22-2)14(6-11)23-3/h4-6,9,18,21H,7-8H2,1-3H3. The van der Waals surface area contributed by atoms with Crippen molar-refractivity contribution in [1.82, 2.24) is 9.88 Å². The molecule has 2 N–H and O–H groups in total. The molecule has 0 aliphatic carbocycles. The van der Waals surface area contributed by atoms with E-state index in [2.05, 4.69) is 4.98 Å². The van der Waals surface area contributed by atoms with Crippen LogP contribution in [0, 0.1) is 12.3 Å². The van der Waals surface area contributed by atoms with Gasteiger partial charge in [0.05, 0.1) is 26.3 Å². The molecule has 2 aromatic rings. The van der Waals surface area contributed by atoms with Gasteiger partial charge in [0.2, 0.25) is 0 Å². The van der Waals surface area contributed by atoms with E-state index >= 15 is 0 Å². The highest BCUT2D eigenvalue weighted by Gasteiger charge is 2.30. The van der Waals surface area contributed by atoms with E-state index in [0.29, 0.717) is 35.2 Å². The van der Waals surface area contributed by atoms with Crippen molar-refractivity contribution in [1.29, 1.82) is 5.41 Å². The van der Waals surface area contributed by atoms with E-state index < -0.39 is 0 Å². The molecule has 2 heterocycles. The summed E-state index contributed by atoms with van der Waals surface area (Å²) in [5.74, 6) is 1.79. The molecule has 6 nitrogen and oxygen atoms in total. The maximum absolute atomic E-state index is 10.3. The maximum atomic E-state index is 10.3. The minimum Gasteiger partial charge on any atom is -0.510 e. The minimum atomic E-state index is 0.190. The Labute approximate surface area is 144 Å². The summed E-state index contributed by atoms with van der Waals surface area (Å²) in [6.45, 7) is 2.70. The lowest BCUT2D eigenvalue weighted by atomic mass is 10.2. The van der Waals surface area contributed by atoms with Crippen molar-refractivity contribution in [2.75, 3.05) is 20.8 Å². The zero-order valence-electron chi connectivity index (χ0n) is 13.8. The monoisotopic (exact) mass is 345 g/mol. The number of aliphatic hydroxyl groups excluding tert-OH is 1. The van der Waals surface area contributed by atoms with Gasteiger partial charge in [-0.15, -0.1) is 11.3 Å². The number of methoxy groups -OCH3 is 2. The molecule has 0 fully saturated rings. The molecule has 0 radical (unpaired) electrons. The molecule has 3 rings (SSSR count). The summed E-state index contributed by atoms with van der Waals surface area (Å²) in [4.78, 5) is 6.19. The van der Waals surface area contributed by atoms with Gasteiger partial charge < -0.3 is 19.5 Å². The molecule has 1 aliphatic heterocycles. The molecule has 1 aromatic carbocycles. The fraction of sp³-hybridized carbons (Fsp3) is 0.294. The summed E-state index contributed by atoms with van der Waals surface area (Å²) < 4.78 is 10.6. The van der Waals surface area contributed by atoms with Crippen molar-refractivity contribution in [2.45, 2.75) is 13.5 Å². The van der Waals surface area contributed by atoms with Gasteiger partial charge in [-0.25, -0.2) is 4.98 Å². The SMILES string of the molecule is COc1ccc(CN2CC(O)=C(c3nc(C)cs3)C2=N)cc1OC. The second-order valence-electron chi connectivity index (χ2n) is 5.51. The summed E-state index contributed by atoms with van der Waals surface area (Å²) >= 11 is 1.44. The van der Waals surface area contributed by atoms with Gasteiger partial charge in [-0.2, -0.15) is 0 Å². The van der Waals surface area contributed by atoms with Crippen LogP contribution in [0.15, 0.2) is 29.3 Å². The third kappa shape index (κ3) is 2.94. The molecule has 0 spiro atoms. The van der Waals surface area contributed by atoms with Gasteiger partial charge in [-0.1, -0.05) is 6.07 Å². The molecule has 0 amide bonds. The minimum absolute atomic E-state index is 0.190. The highest BCUT2D eigenvalue weighted by molar-refractivity contribution is 7.11. The highest BCUT2D eigenvalue weighted by atomic mass is 32.1. The lowest BCUT2D eigenvalue weighted by molar-refractivity contribution is 0.343. The molecule has 0 saturated carbocycles. The van der Waals surface area contributed by atoms with E-state index in [1.807, 2.05) is 35.4 Å². The van der Waals surface area contributed by atoms with E-state index in [-0.39, 0.29) is 11.6 Å². The molecule has 0 bridgehead atoms. The first kappa shape index (κ1) is 16.3. The number of hydrogen-bond donors (Lipinski definition) is 2. The first-order valence-electron chi connectivity index (χ1n) is 7.43. The molecule has 7 heteroatoms. The second-order valence-corrected chi connectivity index (χ2v) is 6.37. The number of amidine groups is 1. The normalized spacial score (nSPS) is 14.5. The second kappa shape index (κ2) is 6.52. The topological polar surface area (TPSA) is 78.7 Å². The average molecular weight is 345 g/mol. The average Bonchev–Trinajstić information content (AvgIpc) is 3.10. The van der Waals surface area contributed by atoms with Crippen molar-refractivity contribution in [3.05, 3.63) is 45.6 Å². The smallest absolute Gasteiger partial charge is 0.161 e. The number of ether oxygens (including phenoxy) is 2. The van der Waals surface area contributed by atoms with Crippen LogP contribution in [-0.4, -0.2) is 41.6 Å². The molecule has 1 aliphatic rings. The number of benzene rings is 1. The van der Waals surface area contributed by atoms with Crippen LogP contribution in [0.4, 0.5) is 0 Å². The Morgan fingerprint density at radius 3 is 2.67 bits per heavy atom. The Morgan fingerprint density at radius 2 is 2.04 bits per heavy atom. The first-order valence-corrected chi connectivity index (χ1v) is 8.30. The van der Waals surface area contributed by atoms with E-state index in [4.69, 9.17) is 14.9 Å². The zero-order valence-corrected chi connectivity index (χ0v) is 14.6. The summed E-state index contributed by atoms with van der Waals surface area (Å²) in [6, 6.07) is 5.65. The van der Waals surface area contributed by atoms with Crippen molar-refractivity contribution < 1.29 is 14.6 Å². The molecular weight excluding hydrogens is 326 g/mol. The summed E-state index contributed by atoms with van der Waals surface area (Å²) in [5, 5.41) is 21.3. The number of aryl methyl sites for hydroxylation is 1. The molecule has 126 valence electrons. The first-order chi connectivity index (χ1) is 11.5. The van der Waals surface area contributed by atoms with Crippen molar-refractivity contribution in [3.8, 4) is 11.5 Å². The van der Waals surface area contributed by atoms with Gasteiger partial charge in [-0.3, -0.25) is 5.41 Å².